The zero-order valence-corrected chi connectivity index (χ0v) is 30.9. The molecule has 0 unspecified atom stereocenters. The predicted octanol–water partition coefficient (Wildman–Crippen LogP) is 13.6. The quantitative estimate of drug-likeness (QED) is 0.171. The number of aromatic nitrogens is 4. The van der Waals surface area contributed by atoms with Crippen LogP contribution in [0.2, 0.25) is 0 Å². The lowest BCUT2D eigenvalue weighted by atomic mass is 10.0. The highest BCUT2D eigenvalue weighted by Crippen LogP contribution is 2.40. The normalized spacial score (nSPS) is 11.5. The van der Waals surface area contributed by atoms with E-state index in [-0.39, 0.29) is 0 Å². The van der Waals surface area contributed by atoms with Crippen LogP contribution < -0.4 is 0 Å². The van der Waals surface area contributed by atoms with Crippen LogP contribution in [0.15, 0.2) is 206 Å². The Morgan fingerprint density at radius 3 is 1.61 bits per heavy atom. The zero-order valence-electron chi connectivity index (χ0n) is 30.9. The molecule has 2 aromatic heterocycles. The number of rotatable bonds is 6. The van der Waals surface area contributed by atoms with Gasteiger partial charge in [-0.05, 0) is 68.7 Å². The molecule has 0 aliphatic heterocycles. The maximum absolute atomic E-state index is 5.25. The van der Waals surface area contributed by atoms with Crippen molar-refractivity contribution in [2.45, 2.75) is 0 Å². The topological polar surface area (TPSA) is 43.6 Å². The summed E-state index contributed by atoms with van der Waals surface area (Å²) in [5.41, 5.74) is 10.8. The average molecular weight is 727 g/mol. The summed E-state index contributed by atoms with van der Waals surface area (Å²) in [5.74, 6) is 1.88. The largest absolute Gasteiger partial charge is 0.309 e. The third-order valence-electron chi connectivity index (χ3n) is 11.1. The van der Waals surface area contributed by atoms with E-state index in [9.17, 15) is 0 Å². The van der Waals surface area contributed by atoms with Gasteiger partial charge >= 0.3 is 0 Å². The lowest BCUT2D eigenvalue weighted by Gasteiger charge is -2.15. The van der Waals surface area contributed by atoms with E-state index in [1.807, 2.05) is 12.1 Å². The van der Waals surface area contributed by atoms with Gasteiger partial charge < -0.3 is 4.57 Å². The summed E-state index contributed by atoms with van der Waals surface area (Å²) < 4.78 is 2.41. The molecule has 0 saturated carbocycles. The molecule has 11 rings (SSSR count). The van der Waals surface area contributed by atoms with Crippen molar-refractivity contribution in [1.29, 1.82) is 0 Å². The number of fused-ring (bicyclic) bond motifs is 6. The Morgan fingerprint density at radius 2 is 0.842 bits per heavy atom. The predicted molar refractivity (Wildman–Crippen MR) is 236 cm³/mol. The van der Waals surface area contributed by atoms with Crippen molar-refractivity contribution in [3.8, 4) is 62.1 Å². The first-order valence-electron chi connectivity index (χ1n) is 19.3. The third kappa shape index (κ3) is 5.66. The summed E-state index contributed by atoms with van der Waals surface area (Å²) in [6.07, 6.45) is 0. The highest BCUT2D eigenvalue weighted by atomic mass is 15.0. The summed E-state index contributed by atoms with van der Waals surface area (Å²) >= 11 is 0. The van der Waals surface area contributed by atoms with E-state index in [0.717, 1.165) is 49.8 Å². The second-order valence-electron chi connectivity index (χ2n) is 14.4. The fourth-order valence-corrected chi connectivity index (χ4v) is 8.34. The van der Waals surface area contributed by atoms with Crippen molar-refractivity contribution in [3.05, 3.63) is 206 Å². The number of para-hydroxylation sites is 1. The van der Waals surface area contributed by atoms with E-state index in [1.165, 1.54) is 38.1 Å². The zero-order chi connectivity index (χ0) is 37.7. The molecule has 4 heteroatoms. The molecule has 0 bridgehead atoms. The summed E-state index contributed by atoms with van der Waals surface area (Å²) in [6.45, 7) is 0. The van der Waals surface area contributed by atoms with Crippen molar-refractivity contribution >= 4 is 43.4 Å². The second kappa shape index (κ2) is 13.6. The molecule has 2 heterocycles. The second-order valence-corrected chi connectivity index (χ2v) is 14.4. The average Bonchev–Trinajstić information content (AvgIpc) is 3.64. The van der Waals surface area contributed by atoms with Crippen molar-refractivity contribution in [2.24, 2.45) is 0 Å². The van der Waals surface area contributed by atoms with Crippen LogP contribution in [0.3, 0.4) is 0 Å². The Hall–Kier alpha value is -7.69. The Labute approximate surface area is 330 Å². The van der Waals surface area contributed by atoms with Crippen LogP contribution in [-0.4, -0.2) is 19.5 Å². The highest BCUT2D eigenvalue weighted by molar-refractivity contribution is 6.22. The van der Waals surface area contributed by atoms with E-state index in [1.54, 1.807) is 0 Å². The van der Waals surface area contributed by atoms with Crippen molar-refractivity contribution in [3.63, 3.8) is 0 Å². The van der Waals surface area contributed by atoms with Gasteiger partial charge in [0.2, 0.25) is 0 Å². The standard InChI is InChI=1S/C53H34N4/c1-3-14-35(15-4-1)37-26-28-39(29-27-37)51-54-52(41-20-13-19-40(34-41)36-16-5-2-6-17-36)56-53(55-51)45-31-33-48(44-23-10-9-22-43(44)45)57-47-25-12-11-24-46(47)50-42-21-8-7-18-38(42)30-32-49(50)57/h1-34H. The minimum Gasteiger partial charge on any atom is -0.309 e. The van der Waals surface area contributed by atoms with Gasteiger partial charge in [-0.25, -0.2) is 15.0 Å². The molecular formula is C53H34N4. The minimum atomic E-state index is 0.627. The smallest absolute Gasteiger partial charge is 0.164 e. The van der Waals surface area contributed by atoms with E-state index in [0.29, 0.717) is 17.5 Å². The first kappa shape index (κ1) is 32.7. The van der Waals surface area contributed by atoms with E-state index >= 15 is 0 Å². The Morgan fingerprint density at radius 1 is 0.298 bits per heavy atom. The van der Waals surface area contributed by atoms with Crippen LogP contribution in [0.25, 0.3) is 105 Å². The molecule has 266 valence electrons. The SMILES string of the molecule is c1ccc(-c2ccc(-c3nc(-c4cccc(-c5ccccc5)c4)nc(-c4ccc(-n5c6ccccc6c6c7ccccc7ccc65)c5ccccc45)n3)cc2)cc1. The van der Waals surface area contributed by atoms with Gasteiger partial charge in [-0.1, -0.05) is 176 Å². The first-order valence-corrected chi connectivity index (χ1v) is 19.3. The lowest BCUT2D eigenvalue weighted by Crippen LogP contribution is -2.02. The van der Waals surface area contributed by atoms with Gasteiger partial charge in [0.25, 0.3) is 0 Å². The first-order chi connectivity index (χ1) is 28.3. The van der Waals surface area contributed by atoms with Gasteiger partial charge in [0.15, 0.2) is 17.5 Å². The molecule has 0 aliphatic carbocycles. The van der Waals surface area contributed by atoms with Crippen LogP contribution in [0.5, 0.6) is 0 Å². The summed E-state index contributed by atoms with van der Waals surface area (Å²) in [5, 5.41) is 7.18. The third-order valence-corrected chi connectivity index (χ3v) is 11.1. The molecule has 9 aromatic carbocycles. The van der Waals surface area contributed by atoms with Crippen LogP contribution in [-0.2, 0) is 0 Å². The van der Waals surface area contributed by atoms with Crippen molar-refractivity contribution < 1.29 is 0 Å². The molecule has 0 radical (unpaired) electrons. The number of hydrogen-bond acceptors (Lipinski definition) is 3. The molecule has 0 atom stereocenters. The summed E-state index contributed by atoms with van der Waals surface area (Å²) in [7, 11) is 0. The van der Waals surface area contributed by atoms with Gasteiger partial charge in [-0.15, -0.1) is 0 Å². The fraction of sp³-hybridized carbons (Fsp3) is 0. The number of benzene rings is 9. The molecule has 0 spiro atoms. The summed E-state index contributed by atoms with van der Waals surface area (Å²) in [6, 6.07) is 72.7. The van der Waals surface area contributed by atoms with Crippen LogP contribution in [0.4, 0.5) is 0 Å². The van der Waals surface area contributed by atoms with Crippen LogP contribution in [0.1, 0.15) is 0 Å². The van der Waals surface area contributed by atoms with E-state index in [4.69, 9.17) is 15.0 Å². The minimum absolute atomic E-state index is 0.627. The molecule has 0 amide bonds. The van der Waals surface area contributed by atoms with Gasteiger partial charge in [-0.3, -0.25) is 0 Å². The molecule has 11 aromatic rings. The fourth-order valence-electron chi connectivity index (χ4n) is 8.34. The van der Waals surface area contributed by atoms with E-state index < -0.39 is 0 Å². The summed E-state index contributed by atoms with van der Waals surface area (Å²) in [4.78, 5) is 15.6. The highest BCUT2D eigenvalue weighted by Gasteiger charge is 2.20. The van der Waals surface area contributed by atoms with Gasteiger partial charge in [-0.2, -0.15) is 0 Å². The van der Waals surface area contributed by atoms with Gasteiger partial charge in [0, 0.05) is 32.8 Å². The van der Waals surface area contributed by atoms with Crippen molar-refractivity contribution in [1.82, 2.24) is 19.5 Å². The number of hydrogen-bond donors (Lipinski definition) is 0. The van der Waals surface area contributed by atoms with E-state index in [2.05, 4.69) is 199 Å². The molecule has 0 aliphatic rings. The lowest BCUT2D eigenvalue weighted by molar-refractivity contribution is 1.08. The molecule has 57 heavy (non-hydrogen) atoms. The Bertz CT molecular complexity index is 3280. The molecule has 0 saturated heterocycles. The maximum Gasteiger partial charge on any atom is 0.164 e. The molecule has 0 fully saturated rings. The van der Waals surface area contributed by atoms with Crippen molar-refractivity contribution in [2.75, 3.05) is 0 Å². The van der Waals surface area contributed by atoms with Gasteiger partial charge in [0.05, 0.1) is 16.7 Å². The van der Waals surface area contributed by atoms with Gasteiger partial charge in [0.1, 0.15) is 0 Å². The molecule has 0 N–H and O–H groups in total. The monoisotopic (exact) mass is 726 g/mol. The maximum atomic E-state index is 5.25. The van der Waals surface area contributed by atoms with Crippen LogP contribution >= 0.6 is 0 Å². The van der Waals surface area contributed by atoms with Crippen LogP contribution in [0, 0.1) is 0 Å². The number of nitrogens with zero attached hydrogens (tertiary/aromatic N) is 4. The molecule has 4 nitrogen and oxygen atoms in total. The Kier molecular flexibility index (Phi) is 7.78. The Balaban J connectivity index is 1.11. The molecular weight excluding hydrogens is 693 g/mol.